The topological polar surface area (TPSA) is 87.1 Å². The van der Waals surface area contributed by atoms with Crippen LogP contribution in [0.4, 0.5) is 0 Å². The van der Waals surface area contributed by atoms with E-state index in [2.05, 4.69) is 0 Å². The second kappa shape index (κ2) is 4.39. The van der Waals surface area contributed by atoms with E-state index >= 15 is 0 Å². The number of hydrogen-bond acceptors (Lipinski definition) is 3. The number of nitrogens with two attached hydrogens (primary N) is 1. The maximum Gasteiger partial charge on any atom is 0.0796 e. The summed E-state index contributed by atoms with van der Waals surface area (Å²) in [5, 5.41) is 8.99. The summed E-state index contributed by atoms with van der Waals surface area (Å²) in [6.07, 6.45) is 0. The van der Waals surface area contributed by atoms with Crippen LogP contribution in [-0.2, 0) is 37.5 Å². The number of aliphatic hydroxyl groups is 1. The summed E-state index contributed by atoms with van der Waals surface area (Å²) in [6.45, 7) is 2.79. The molecule has 0 aromatic carbocycles. The molecule has 10 heavy (non-hydrogen) atoms. The van der Waals surface area contributed by atoms with Gasteiger partial charge in [0.25, 0.3) is 0 Å². The van der Waals surface area contributed by atoms with Gasteiger partial charge < -0.3 is 21.4 Å². The van der Waals surface area contributed by atoms with Crippen molar-refractivity contribution in [3.8, 4) is 0 Å². The molecule has 0 bridgehead atoms. The summed E-state index contributed by atoms with van der Waals surface area (Å²) < 4.78 is 0. The zero-order chi connectivity index (χ0) is 7.65. The summed E-state index contributed by atoms with van der Waals surface area (Å²) in [7, 11) is 0. The standard InChI is InChI=1S/C5H12N2O2.Y/c1-5(2,9)3(6)4(7)8;/h3,9H,6H2,1-2H3,(H2,7,8);/p-1. The smallest absolute Gasteiger partial charge is 0.0796 e. The van der Waals surface area contributed by atoms with Gasteiger partial charge in [0.2, 0.25) is 0 Å². The minimum absolute atomic E-state index is 0. The van der Waals surface area contributed by atoms with Crippen LogP contribution < -0.4 is 5.73 Å². The summed E-state index contributed by atoms with van der Waals surface area (Å²) in [6, 6.07) is -1.10. The minimum Gasteiger partial charge on any atom is -0.666 e. The Labute approximate surface area is 85.2 Å². The Balaban J connectivity index is 0. The van der Waals surface area contributed by atoms with Gasteiger partial charge in [-0.15, -0.1) is 0 Å². The van der Waals surface area contributed by atoms with E-state index in [1.807, 2.05) is 0 Å². The summed E-state index contributed by atoms with van der Waals surface area (Å²) in [4.78, 5) is 10.2. The van der Waals surface area contributed by atoms with Crippen LogP contribution in [0.25, 0.3) is 5.73 Å². The molecule has 0 aliphatic rings. The third-order valence-corrected chi connectivity index (χ3v) is 1.04. The van der Waals surface area contributed by atoms with Crippen LogP contribution in [0.1, 0.15) is 13.8 Å². The fourth-order valence-electron chi connectivity index (χ4n) is 0.321. The normalized spacial score (nSPS) is 13.6. The van der Waals surface area contributed by atoms with Crippen molar-refractivity contribution in [2.75, 3.05) is 0 Å². The van der Waals surface area contributed by atoms with Gasteiger partial charge in [-0.2, -0.15) is 0 Å². The maximum absolute atomic E-state index is 10.2. The first-order chi connectivity index (χ1) is 3.85. The summed E-state index contributed by atoms with van der Waals surface area (Å²) in [5.74, 6) is -0.942. The molecule has 0 saturated heterocycles. The van der Waals surface area contributed by atoms with Crippen LogP contribution in [0.3, 0.4) is 0 Å². The molecule has 4 N–H and O–H groups in total. The van der Waals surface area contributed by atoms with Gasteiger partial charge in [-0.25, -0.2) is 0 Å². The Morgan fingerprint density at radius 2 is 2.00 bits per heavy atom. The van der Waals surface area contributed by atoms with Gasteiger partial charge in [-0.05, 0) is 13.8 Å². The zero-order valence-electron chi connectivity index (χ0n) is 6.09. The third kappa shape index (κ3) is 4.33. The van der Waals surface area contributed by atoms with Crippen LogP contribution in [0, 0.1) is 0 Å². The van der Waals surface area contributed by atoms with Crippen LogP contribution in [0.5, 0.6) is 0 Å². The molecular weight excluding hydrogens is 209 g/mol. The number of hydrogen-bond donors (Lipinski definition) is 2. The Kier molecular flexibility index (Phi) is 5.75. The Hall–Kier alpha value is 0.494. The van der Waals surface area contributed by atoms with Gasteiger partial charge in [-0.1, -0.05) is 0 Å². The van der Waals surface area contributed by atoms with Gasteiger partial charge in [0.1, 0.15) is 0 Å². The molecule has 0 aliphatic heterocycles. The van der Waals surface area contributed by atoms with Crippen molar-refractivity contribution in [3.63, 3.8) is 0 Å². The van der Waals surface area contributed by atoms with Crippen molar-refractivity contribution >= 4 is 5.91 Å². The second-order valence-corrected chi connectivity index (χ2v) is 2.50. The Bertz CT molecular complexity index is 121. The molecule has 1 unspecified atom stereocenters. The molecule has 57 valence electrons. The molecule has 0 spiro atoms. The second-order valence-electron chi connectivity index (χ2n) is 2.50. The van der Waals surface area contributed by atoms with E-state index in [4.69, 9.17) is 16.6 Å². The fraction of sp³-hybridized carbons (Fsp3) is 0.800. The largest absolute Gasteiger partial charge is 0.666 e. The minimum atomic E-state index is -1.28. The molecule has 0 fully saturated rings. The van der Waals surface area contributed by atoms with Crippen molar-refractivity contribution in [1.29, 1.82) is 0 Å². The van der Waals surface area contributed by atoms with Gasteiger partial charge in [-0.3, -0.25) is 0 Å². The van der Waals surface area contributed by atoms with E-state index in [0.29, 0.717) is 0 Å². The van der Waals surface area contributed by atoms with E-state index in [0.717, 1.165) is 0 Å². The molecule has 1 radical (unpaired) electrons. The van der Waals surface area contributed by atoms with E-state index in [-0.39, 0.29) is 32.7 Å². The van der Waals surface area contributed by atoms with E-state index in [1.165, 1.54) is 13.8 Å². The Morgan fingerprint density at radius 3 is 2.00 bits per heavy atom. The molecule has 1 amide bonds. The van der Waals surface area contributed by atoms with Crippen LogP contribution >= 0.6 is 0 Å². The van der Waals surface area contributed by atoms with Crippen molar-refractivity contribution in [3.05, 3.63) is 5.73 Å². The number of rotatable bonds is 2. The Morgan fingerprint density at radius 1 is 1.70 bits per heavy atom. The number of carbonyl (C=O) groups is 1. The van der Waals surface area contributed by atoms with Crippen LogP contribution in [-0.4, -0.2) is 22.7 Å². The van der Waals surface area contributed by atoms with Crippen molar-refractivity contribution in [1.82, 2.24) is 0 Å². The van der Waals surface area contributed by atoms with Crippen LogP contribution in [0.2, 0.25) is 0 Å². The molecule has 1 atom stereocenters. The first kappa shape index (κ1) is 13.1. The van der Waals surface area contributed by atoms with Crippen molar-refractivity contribution in [2.45, 2.75) is 25.5 Å². The number of nitrogens with one attached hydrogen (secondary N) is 1. The molecule has 0 rings (SSSR count). The molecule has 0 aromatic heterocycles. The maximum atomic E-state index is 10.2. The van der Waals surface area contributed by atoms with Gasteiger partial charge >= 0.3 is 0 Å². The fourth-order valence-corrected chi connectivity index (χ4v) is 0.321. The van der Waals surface area contributed by atoms with Gasteiger partial charge in [0.15, 0.2) is 0 Å². The first-order valence-corrected chi connectivity index (χ1v) is 2.59. The van der Waals surface area contributed by atoms with Gasteiger partial charge in [0, 0.05) is 32.7 Å². The number of amides is 1. The number of carbonyl (C=O) groups excluding carboxylic acids is 1. The average molecular weight is 220 g/mol. The molecular formula is C5H11N2O2Y-. The SMILES string of the molecule is CC(C)(O)C(N)C([NH-])=O.[Y]. The summed E-state index contributed by atoms with van der Waals surface area (Å²) >= 11 is 0. The third-order valence-electron chi connectivity index (χ3n) is 1.04. The first-order valence-electron chi connectivity index (χ1n) is 2.59. The monoisotopic (exact) mass is 220 g/mol. The quantitative estimate of drug-likeness (QED) is 0.667. The van der Waals surface area contributed by atoms with E-state index in [1.54, 1.807) is 0 Å². The van der Waals surface area contributed by atoms with E-state index < -0.39 is 17.6 Å². The zero-order valence-corrected chi connectivity index (χ0v) is 8.93. The molecule has 4 nitrogen and oxygen atoms in total. The van der Waals surface area contributed by atoms with Crippen molar-refractivity contribution < 1.29 is 42.6 Å². The predicted octanol–water partition coefficient (Wildman–Crippen LogP) is -0.339. The van der Waals surface area contributed by atoms with Crippen LogP contribution in [0.15, 0.2) is 0 Å². The molecule has 0 aliphatic carbocycles. The summed E-state index contributed by atoms with van der Waals surface area (Å²) in [5.41, 5.74) is 10.3. The van der Waals surface area contributed by atoms with Crippen molar-refractivity contribution in [2.24, 2.45) is 5.73 Å². The predicted molar refractivity (Wildman–Crippen MR) is 33.6 cm³/mol. The molecule has 0 aromatic rings. The average Bonchev–Trinajstić information content (AvgIpc) is 1.62. The van der Waals surface area contributed by atoms with E-state index in [9.17, 15) is 4.79 Å². The van der Waals surface area contributed by atoms with Gasteiger partial charge in [0.05, 0.1) is 17.6 Å². The molecule has 0 saturated carbocycles. The molecule has 0 heterocycles. The molecule has 5 heteroatoms.